The second-order valence-corrected chi connectivity index (χ2v) is 4.56. The van der Waals surface area contributed by atoms with Crippen molar-refractivity contribution in [3.8, 4) is 0 Å². The number of unbranched alkanes of at least 4 members (excludes halogenated alkanes) is 1. The number of nitrogens with zero attached hydrogens (tertiary/aromatic N) is 3. The van der Waals surface area contributed by atoms with Crippen LogP contribution in [0.1, 0.15) is 25.5 Å². The van der Waals surface area contributed by atoms with Gasteiger partial charge >= 0.3 is 0 Å². The minimum absolute atomic E-state index is 0.0272. The summed E-state index contributed by atoms with van der Waals surface area (Å²) in [6.45, 7) is 2.92. The predicted molar refractivity (Wildman–Crippen MR) is 76.8 cm³/mol. The lowest BCUT2D eigenvalue weighted by Gasteiger charge is -2.13. The third-order valence-corrected chi connectivity index (χ3v) is 3.07. The molecule has 100 valence electrons. The van der Waals surface area contributed by atoms with Crippen LogP contribution in [0.25, 0.3) is 11.7 Å². The van der Waals surface area contributed by atoms with Crippen molar-refractivity contribution in [3.05, 3.63) is 42.4 Å². The first-order valence-corrected chi connectivity index (χ1v) is 6.57. The minimum Gasteiger partial charge on any atom is -0.342 e. The maximum absolute atomic E-state index is 11.9. The molecule has 4 heteroatoms. The molecule has 19 heavy (non-hydrogen) atoms. The molecule has 0 fully saturated rings. The van der Waals surface area contributed by atoms with E-state index in [4.69, 9.17) is 0 Å². The Morgan fingerprint density at radius 1 is 1.47 bits per heavy atom. The summed E-state index contributed by atoms with van der Waals surface area (Å²) in [7, 11) is 1.83. The Kier molecular flexibility index (Phi) is 4.34. The van der Waals surface area contributed by atoms with E-state index in [-0.39, 0.29) is 5.91 Å². The Morgan fingerprint density at radius 3 is 3.11 bits per heavy atom. The molecule has 2 rings (SSSR count). The number of hydrogen-bond acceptors (Lipinski definition) is 2. The Hall–Kier alpha value is -2.10. The van der Waals surface area contributed by atoms with Gasteiger partial charge in [0.25, 0.3) is 0 Å². The van der Waals surface area contributed by atoms with Crippen molar-refractivity contribution in [2.75, 3.05) is 13.6 Å². The molecule has 2 heterocycles. The maximum atomic E-state index is 11.9. The number of hydrogen-bond donors (Lipinski definition) is 0. The first kappa shape index (κ1) is 13.3. The van der Waals surface area contributed by atoms with Crippen molar-refractivity contribution in [1.82, 2.24) is 14.3 Å². The van der Waals surface area contributed by atoms with Crippen LogP contribution in [0.15, 0.2) is 36.7 Å². The van der Waals surface area contributed by atoms with Crippen LogP contribution >= 0.6 is 0 Å². The summed E-state index contributed by atoms with van der Waals surface area (Å²) >= 11 is 0. The molecule has 0 unspecified atom stereocenters. The van der Waals surface area contributed by atoms with Crippen molar-refractivity contribution in [2.24, 2.45) is 0 Å². The fraction of sp³-hybridized carbons (Fsp3) is 0.333. The van der Waals surface area contributed by atoms with E-state index in [1.807, 2.05) is 41.9 Å². The highest BCUT2D eigenvalue weighted by atomic mass is 16.2. The van der Waals surface area contributed by atoms with Crippen molar-refractivity contribution in [2.45, 2.75) is 19.8 Å². The molecule has 0 saturated heterocycles. The number of carbonyl (C=O) groups excluding carboxylic acids is 1. The monoisotopic (exact) mass is 257 g/mol. The van der Waals surface area contributed by atoms with Gasteiger partial charge in [-0.1, -0.05) is 19.4 Å². The van der Waals surface area contributed by atoms with Crippen LogP contribution in [0.3, 0.4) is 0 Å². The van der Waals surface area contributed by atoms with Crippen LogP contribution in [-0.2, 0) is 4.79 Å². The first-order chi connectivity index (χ1) is 9.22. The standard InChI is InChI=1S/C15H19N3O/c1-3-4-10-17(2)15(19)9-8-13-12-16-14-7-5-6-11-18(13)14/h5-9,11-12H,3-4,10H2,1-2H3/b9-8+. The van der Waals surface area contributed by atoms with E-state index in [9.17, 15) is 4.79 Å². The van der Waals surface area contributed by atoms with Gasteiger partial charge in [-0.25, -0.2) is 4.98 Å². The summed E-state index contributed by atoms with van der Waals surface area (Å²) in [5.41, 5.74) is 1.79. The van der Waals surface area contributed by atoms with Gasteiger partial charge in [0.2, 0.25) is 5.91 Å². The molecule has 1 amide bonds. The van der Waals surface area contributed by atoms with Crippen LogP contribution in [0, 0.1) is 0 Å². The topological polar surface area (TPSA) is 37.6 Å². The first-order valence-electron chi connectivity index (χ1n) is 6.57. The molecule has 0 aliphatic rings. The van der Waals surface area contributed by atoms with E-state index in [1.165, 1.54) is 0 Å². The number of pyridine rings is 1. The number of likely N-dealkylation sites (N-methyl/N-ethyl adjacent to an activating group) is 1. The molecule has 0 atom stereocenters. The zero-order valence-corrected chi connectivity index (χ0v) is 11.4. The average molecular weight is 257 g/mol. The smallest absolute Gasteiger partial charge is 0.246 e. The Balaban J connectivity index is 2.08. The number of fused-ring (bicyclic) bond motifs is 1. The summed E-state index contributed by atoms with van der Waals surface area (Å²) in [6.07, 6.45) is 9.25. The second-order valence-electron chi connectivity index (χ2n) is 4.56. The van der Waals surface area contributed by atoms with Crippen LogP contribution < -0.4 is 0 Å². The molecule has 2 aromatic rings. The molecule has 0 aliphatic heterocycles. The molecule has 0 aromatic carbocycles. The van der Waals surface area contributed by atoms with E-state index in [2.05, 4.69) is 11.9 Å². The average Bonchev–Trinajstić information content (AvgIpc) is 2.85. The second kappa shape index (κ2) is 6.18. The number of aromatic nitrogens is 2. The quantitative estimate of drug-likeness (QED) is 0.772. The molecule has 0 saturated carbocycles. The van der Waals surface area contributed by atoms with Crippen molar-refractivity contribution in [1.29, 1.82) is 0 Å². The lowest BCUT2D eigenvalue weighted by atomic mass is 10.3. The van der Waals surface area contributed by atoms with Crippen molar-refractivity contribution >= 4 is 17.6 Å². The molecule has 2 aromatic heterocycles. The Labute approximate surface area is 113 Å². The number of amides is 1. The van der Waals surface area contributed by atoms with Gasteiger partial charge in [-0.2, -0.15) is 0 Å². The van der Waals surface area contributed by atoms with E-state index < -0.39 is 0 Å². The lowest BCUT2D eigenvalue weighted by Crippen LogP contribution is -2.25. The summed E-state index contributed by atoms with van der Waals surface area (Å²) in [4.78, 5) is 17.9. The van der Waals surface area contributed by atoms with Gasteiger partial charge in [0.05, 0.1) is 11.9 Å². The molecule has 0 aliphatic carbocycles. The molecular weight excluding hydrogens is 238 g/mol. The molecule has 0 spiro atoms. The third kappa shape index (κ3) is 3.22. The zero-order valence-electron chi connectivity index (χ0n) is 11.4. The van der Waals surface area contributed by atoms with Gasteiger partial charge in [-0.15, -0.1) is 0 Å². The highest BCUT2D eigenvalue weighted by molar-refractivity contribution is 5.91. The lowest BCUT2D eigenvalue weighted by molar-refractivity contribution is -0.124. The molecule has 4 nitrogen and oxygen atoms in total. The van der Waals surface area contributed by atoms with Crippen LogP contribution in [0.5, 0.6) is 0 Å². The summed E-state index contributed by atoms with van der Waals surface area (Å²) in [6, 6.07) is 5.83. The minimum atomic E-state index is 0.0272. The normalized spacial score (nSPS) is 11.3. The van der Waals surface area contributed by atoms with Crippen molar-refractivity contribution < 1.29 is 4.79 Å². The molecular formula is C15H19N3O. The Bertz CT molecular complexity index is 586. The molecule has 0 N–H and O–H groups in total. The van der Waals surface area contributed by atoms with E-state index in [0.717, 1.165) is 30.7 Å². The summed E-state index contributed by atoms with van der Waals surface area (Å²) < 4.78 is 1.95. The van der Waals surface area contributed by atoms with Gasteiger partial charge in [-0.05, 0) is 24.6 Å². The van der Waals surface area contributed by atoms with Gasteiger partial charge in [0, 0.05) is 25.9 Å². The van der Waals surface area contributed by atoms with E-state index in [1.54, 1.807) is 17.2 Å². The van der Waals surface area contributed by atoms with Crippen molar-refractivity contribution in [3.63, 3.8) is 0 Å². The van der Waals surface area contributed by atoms with Gasteiger partial charge < -0.3 is 9.30 Å². The van der Waals surface area contributed by atoms with Gasteiger partial charge in [0.15, 0.2) is 0 Å². The van der Waals surface area contributed by atoms with Gasteiger partial charge in [0.1, 0.15) is 5.65 Å². The van der Waals surface area contributed by atoms with E-state index in [0.29, 0.717) is 0 Å². The molecule has 0 bridgehead atoms. The number of imidazole rings is 1. The summed E-state index contributed by atoms with van der Waals surface area (Å²) in [5, 5.41) is 0. The molecule has 0 radical (unpaired) electrons. The van der Waals surface area contributed by atoms with Crippen LogP contribution in [0.2, 0.25) is 0 Å². The fourth-order valence-corrected chi connectivity index (χ4v) is 1.86. The largest absolute Gasteiger partial charge is 0.342 e. The number of carbonyl (C=O) groups is 1. The van der Waals surface area contributed by atoms with E-state index >= 15 is 0 Å². The fourth-order valence-electron chi connectivity index (χ4n) is 1.86. The van der Waals surface area contributed by atoms with Gasteiger partial charge in [-0.3, -0.25) is 4.79 Å². The highest BCUT2D eigenvalue weighted by Gasteiger charge is 2.04. The van der Waals surface area contributed by atoms with Crippen LogP contribution in [-0.4, -0.2) is 33.8 Å². The highest BCUT2D eigenvalue weighted by Crippen LogP contribution is 2.07. The SMILES string of the molecule is CCCCN(C)C(=O)/C=C/c1cnc2ccccn12. The zero-order chi connectivity index (χ0) is 13.7. The summed E-state index contributed by atoms with van der Waals surface area (Å²) in [5.74, 6) is 0.0272. The number of rotatable bonds is 5. The van der Waals surface area contributed by atoms with Crippen LogP contribution in [0.4, 0.5) is 0 Å². The Morgan fingerprint density at radius 2 is 2.32 bits per heavy atom. The maximum Gasteiger partial charge on any atom is 0.246 e. The predicted octanol–water partition coefficient (Wildman–Crippen LogP) is 2.61. The third-order valence-electron chi connectivity index (χ3n) is 3.07.